The second-order valence-corrected chi connectivity index (χ2v) is 5.25. The van der Waals surface area contributed by atoms with Crippen LogP contribution in [0.15, 0.2) is 16.0 Å². The van der Waals surface area contributed by atoms with Crippen molar-refractivity contribution in [2.75, 3.05) is 0 Å². The third-order valence-corrected chi connectivity index (χ3v) is 4.11. The van der Waals surface area contributed by atoms with Gasteiger partial charge in [0, 0.05) is 7.05 Å². The Morgan fingerprint density at radius 2 is 2.38 bits per heavy atom. The van der Waals surface area contributed by atoms with Crippen LogP contribution >= 0.6 is 38.9 Å². The zero-order valence-corrected chi connectivity index (χ0v) is 9.82. The van der Waals surface area contributed by atoms with Gasteiger partial charge in [0.05, 0.1) is 25.6 Å². The van der Waals surface area contributed by atoms with E-state index in [-0.39, 0.29) is 0 Å². The van der Waals surface area contributed by atoms with Crippen molar-refractivity contribution >= 4 is 38.9 Å². The van der Waals surface area contributed by atoms with Crippen LogP contribution in [0.3, 0.4) is 0 Å². The highest BCUT2D eigenvalue weighted by molar-refractivity contribution is 9.11. The van der Waals surface area contributed by atoms with E-state index in [2.05, 4.69) is 26.2 Å². The first kappa shape index (κ1) is 9.18. The molecule has 0 radical (unpaired) electrons. The lowest BCUT2D eigenvalue weighted by Gasteiger charge is -1.93. The molecule has 0 bridgehead atoms. The molecule has 6 heteroatoms. The standard InChI is InChI=1S/C7H5BrClN3S/c1-12-5(3-10-11-12)6-2-4(9)7(8)13-6/h2-3H,1H3. The van der Waals surface area contributed by atoms with Crippen LogP contribution in [0.25, 0.3) is 10.6 Å². The summed E-state index contributed by atoms with van der Waals surface area (Å²) in [7, 11) is 1.85. The minimum absolute atomic E-state index is 0.723. The van der Waals surface area contributed by atoms with Gasteiger partial charge in [-0.2, -0.15) is 0 Å². The van der Waals surface area contributed by atoms with Gasteiger partial charge in [0.2, 0.25) is 0 Å². The molecule has 0 aliphatic heterocycles. The van der Waals surface area contributed by atoms with Gasteiger partial charge in [-0.25, -0.2) is 4.68 Å². The fourth-order valence-electron chi connectivity index (χ4n) is 0.986. The molecule has 0 fully saturated rings. The van der Waals surface area contributed by atoms with E-state index in [4.69, 9.17) is 11.6 Å². The SMILES string of the molecule is Cn1nncc1-c1cc(Cl)c(Br)s1. The zero-order chi connectivity index (χ0) is 9.42. The fourth-order valence-corrected chi connectivity index (χ4v) is 2.73. The lowest BCUT2D eigenvalue weighted by Crippen LogP contribution is -1.91. The van der Waals surface area contributed by atoms with Crippen LogP contribution in [-0.4, -0.2) is 15.0 Å². The molecule has 0 spiro atoms. The van der Waals surface area contributed by atoms with Gasteiger partial charge in [0.15, 0.2) is 0 Å². The average molecular weight is 279 g/mol. The van der Waals surface area contributed by atoms with Crippen molar-refractivity contribution in [3.05, 3.63) is 21.1 Å². The quantitative estimate of drug-likeness (QED) is 0.803. The molecule has 68 valence electrons. The highest BCUT2D eigenvalue weighted by atomic mass is 79.9. The Labute approximate surface area is 92.5 Å². The minimum atomic E-state index is 0.723. The topological polar surface area (TPSA) is 30.7 Å². The maximum absolute atomic E-state index is 5.91. The average Bonchev–Trinajstić information content (AvgIpc) is 2.60. The van der Waals surface area contributed by atoms with Crippen LogP contribution in [0.2, 0.25) is 5.02 Å². The first-order valence-corrected chi connectivity index (χ1v) is 5.47. The molecule has 3 nitrogen and oxygen atoms in total. The summed E-state index contributed by atoms with van der Waals surface area (Å²) in [6, 6.07) is 1.90. The first-order valence-electron chi connectivity index (χ1n) is 3.48. The van der Waals surface area contributed by atoms with Crippen LogP contribution in [-0.2, 0) is 7.05 Å². The molecule has 0 atom stereocenters. The summed E-state index contributed by atoms with van der Waals surface area (Å²) < 4.78 is 2.65. The van der Waals surface area contributed by atoms with Gasteiger partial charge in [-0.3, -0.25) is 0 Å². The normalized spacial score (nSPS) is 10.7. The highest BCUT2D eigenvalue weighted by Crippen LogP contribution is 2.37. The summed E-state index contributed by atoms with van der Waals surface area (Å²) in [4.78, 5) is 1.06. The van der Waals surface area contributed by atoms with E-state index in [0.29, 0.717) is 0 Å². The van der Waals surface area contributed by atoms with Crippen molar-refractivity contribution in [3.8, 4) is 10.6 Å². The molecule has 2 aromatic heterocycles. The van der Waals surface area contributed by atoms with Crippen LogP contribution in [0, 0.1) is 0 Å². The number of aromatic nitrogens is 3. The smallest absolute Gasteiger partial charge is 0.0982 e. The van der Waals surface area contributed by atoms with Crippen LogP contribution in [0.1, 0.15) is 0 Å². The van der Waals surface area contributed by atoms with Crippen LogP contribution < -0.4 is 0 Å². The van der Waals surface area contributed by atoms with Gasteiger partial charge >= 0.3 is 0 Å². The van der Waals surface area contributed by atoms with Crippen molar-refractivity contribution in [1.29, 1.82) is 0 Å². The van der Waals surface area contributed by atoms with E-state index in [1.165, 1.54) is 0 Å². The predicted octanol–water partition coefficient (Wildman–Crippen LogP) is 2.96. The molecule has 0 N–H and O–H groups in total. The Kier molecular flexibility index (Phi) is 2.40. The minimum Gasteiger partial charge on any atom is -0.247 e. The lowest BCUT2D eigenvalue weighted by atomic mass is 10.4. The maximum Gasteiger partial charge on any atom is 0.0982 e. The summed E-state index contributed by atoms with van der Waals surface area (Å²) >= 11 is 10.8. The van der Waals surface area contributed by atoms with E-state index < -0.39 is 0 Å². The fraction of sp³-hybridized carbons (Fsp3) is 0.143. The summed E-state index contributed by atoms with van der Waals surface area (Å²) in [6.07, 6.45) is 1.72. The van der Waals surface area contributed by atoms with Gasteiger partial charge in [0.1, 0.15) is 0 Å². The zero-order valence-electron chi connectivity index (χ0n) is 6.66. The summed E-state index contributed by atoms with van der Waals surface area (Å²) in [5.74, 6) is 0. The Bertz CT molecular complexity index is 417. The largest absolute Gasteiger partial charge is 0.247 e. The maximum atomic E-state index is 5.91. The van der Waals surface area contributed by atoms with Gasteiger partial charge in [-0.05, 0) is 22.0 Å². The molecule has 0 saturated heterocycles. The molecular formula is C7H5BrClN3S. The molecule has 2 rings (SSSR count). The second kappa shape index (κ2) is 3.40. The van der Waals surface area contributed by atoms with Crippen molar-refractivity contribution in [2.45, 2.75) is 0 Å². The summed E-state index contributed by atoms with van der Waals surface area (Å²) in [5, 5.41) is 8.37. The van der Waals surface area contributed by atoms with Gasteiger partial charge in [-0.1, -0.05) is 16.8 Å². The second-order valence-electron chi connectivity index (χ2n) is 2.48. The van der Waals surface area contributed by atoms with Crippen LogP contribution in [0.5, 0.6) is 0 Å². The number of hydrogen-bond acceptors (Lipinski definition) is 3. The Morgan fingerprint density at radius 1 is 1.62 bits per heavy atom. The number of rotatable bonds is 1. The Balaban J connectivity index is 2.53. The van der Waals surface area contributed by atoms with Crippen molar-refractivity contribution < 1.29 is 0 Å². The molecule has 0 amide bonds. The van der Waals surface area contributed by atoms with Crippen molar-refractivity contribution in [2.24, 2.45) is 7.05 Å². The molecule has 0 unspecified atom stereocenters. The highest BCUT2D eigenvalue weighted by Gasteiger charge is 2.09. The lowest BCUT2D eigenvalue weighted by molar-refractivity contribution is 0.721. The number of aryl methyl sites for hydroxylation is 1. The number of hydrogen-bond donors (Lipinski definition) is 0. The molecule has 0 aliphatic carbocycles. The van der Waals surface area contributed by atoms with Gasteiger partial charge in [-0.15, -0.1) is 16.4 Å². The van der Waals surface area contributed by atoms with Gasteiger partial charge in [0.25, 0.3) is 0 Å². The summed E-state index contributed by atoms with van der Waals surface area (Å²) in [6.45, 7) is 0. The van der Waals surface area contributed by atoms with E-state index in [1.807, 2.05) is 13.1 Å². The number of thiophene rings is 1. The molecular weight excluding hydrogens is 274 g/mol. The van der Waals surface area contributed by atoms with E-state index in [1.54, 1.807) is 22.2 Å². The third kappa shape index (κ3) is 1.63. The molecule has 0 saturated carbocycles. The van der Waals surface area contributed by atoms with Crippen molar-refractivity contribution in [1.82, 2.24) is 15.0 Å². The Morgan fingerprint density at radius 3 is 2.85 bits per heavy atom. The van der Waals surface area contributed by atoms with Crippen LogP contribution in [0.4, 0.5) is 0 Å². The van der Waals surface area contributed by atoms with Gasteiger partial charge < -0.3 is 0 Å². The van der Waals surface area contributed by atoms with E-state index in [0.717, 1.165) is 19.4 Å². The first-order chi connectivity index (χ1) is 6.18. The molecule has 0 aliphatic rings. The number of nitrogens with zero attached hydrogens (tertiary/aromatic N) is 3. The summed E-state index contributed by atoms with van der Waals surface area (Å²) in [5.41, 5.74) is 0.970. The number of halogens is 2. The molecule has 13 heavy (non-hydrogen) atoms. The third-order valence-electron chi connectivity index (χ3n) is 1.61. The Hall–Kier alpha value is -0.390. The molecule has 0 aromatic carbocycles. The monoisotopic (exact) mass is 277 g/mol. The van der Waals surface area contributed by atoms with Crippen molar-refractivity contribution in [3.63, 3.8) is 0 Å². The molecule has 2 aromatic rings. The van der Waals surface area contributed by atoms with E-state index in [9.17, 15) is 0 Å². The molecule has 2 heterocycles. The van der Waals surface area contributed by atoms with E-state index >= 15 is 0 Å². The predicted molar refractivity (Wildman–Crippen MR) is 57.0 cm³/mol.